The lowest BCUT2D eigenvalue weighted by molar-refractivity contribution is -0.159. The molecule has 3 rings (SSSR count). The van der Waals surface area contributed by atoms with Crippen molar-refractivity contribution in [3.05, 3.63) is 63.3 Å². The molecule has 5 N–H and O–H groups in total. The van der Waals surface area contributed by atoms with Crippen molar-refractivity contribution in [3.63, 3.8) is 0 Å². The van der Waals surface area contributed by atoms with Crippen LogP contribution in [0.4, 0.5) is 0 Å². The highest BCUT2D eigenvalue weighted by atomic mass is 32.1. The van der Waals surface area contributed by atoms with Crippen LogP contribution < -0.4 is 10.2 Å². The summed E-state index contributed by atoms with van der Waals surface area (Å²) in [6.45, 7) is 3.58. The van der Waals surface area contributed by atoms with Crippen LogP contribution in [0.15, 0.2) is 47.3 Å². The van der Waals surface area contributed by atoms with Crippen molar-refractivity contribution in [1.82, 2.24) is 10.3 Å². The minimum absolute atomic E-state index is 0.124. The zero-order valence-electron chi connectivity index (χ0n) is 20.2. The third-order valence-corrected chi connectivity index (χ3v) is 6.34. The number of aryl methyl sites for hydroxylation is 1. The van der Waals surface area contributed by atoms with Crippen LogP contribution in [0.5, 0.6) is 5.75 Å². The van der Waals surface area contributed by atoms with Crippen LogP contribution in [0, 0.1) is 0 Å². The van der Waals surface area contributed by atoms with Crippen molar-refractivity contribution in [2.75, 3.05) is 26.3 Å². The maximum absolute atomic E-state index is 11.6. The molecule has 0 saturated carbocycles. The average Bonchev–Trinajstić information content (AvgIpc) is 3.27. The number of unbranched alkanes of at least 4 members (excludes halogenated alkanes) is 3. The largest absolute Gasteiger partial charge is 0.506 e. The van der Waals surface area contributed by atoms with Crippen LogP contribution in [0.25, 0.3) is 10.2 Å². The van der Waals surface area contributed by atoms with Crippen LogP contribution in [0.2, 0.25) is 0 Å². The maximum Gasteiger partial charge on any atom is 0.414 e. The molecule has 9 nitrogen and oxygen atoms in total. The molecule has 36 heavy (non-hydrogen) atoms. The van der Waals surface area contributed by atoms with E-state index in [4.69, 9.17) is 24.5 Å². The number of aromatic nitrogens is 1. The molecular weight excluding hydrogens is 484 g/mol. The Balaban J connectivity index is 0.000000678. The molecule has 1 heterocycles. The van der Waals surface area contributed by atoms with Crippen molar-refractivity contribution in [1.29, 1.82) is 0 Å². The molecule has 0 spiro atoms. The predicted octanol–water partition coefficient (Wildman–Crippen LogP) is 3.79. The zero-order chi connectivity index (χ0) is 26.2. The zero-order valence-corrected chi connectivity index (χ0v) is 21.0. The number of H-pyrrole nitrogens is 1. The van der Waals surface area contributed by atoms with Gasteiger partial charge in [-0.1, -0.05) is 60.6 Å². The van der Waals surface area contributed by atoms with Crippen LogP contribution in [0.3, 0.4) is 0 Å². The Morgan fingerprint density at radius 3 is 2.28 bits per heavy atom. The highest BCUT2D eigenvalue weighted by molar-refractivity contribution is 7.16. The summed E-state index contributed by atoms with van der Waals surface area (Å²) in [4.78, 5) is 32.3. The number of carboxylic acid groups (broad SMARTS) is 2. The minimum atomic E-state index is -1.82. The van der Waals surface area contributed by atoms with Gasteiger partial charge in [0.05, 0.1) is 4.70 Å². The molecule has 10 heteroatoms. The number of phenols is 1. The highest BCUT2D eigenvalue weighted by Gasteiger charge is 2.09. The summed E-state index contributed by atoms with van der Waals surface area (Å²) >= 11 is 1.17. The van der Waals surface area contributed by atoms with Gasteiger partial charge in [-0.15, -0.1) is 0 Å². The van der Waals surface area contributed by atoms with Crippen molar-refractivity contribution in [2.45, 2.75) is 44.9 Å². The molecule has 0 amide bonds. The number of nitrogens with one attached hydrogen (secondary N) is 2. The predicted molar refractivity (Wildman–Crippen MR) is 140 cm³/mol. The van der Waals surface area contributed by atoms with E-state index in [2.05, 4.69) is 40.6 Å². The van der Waals surface area contributed by atoms with Gasteiger partial charge in [0, 0.05) is 13.2 Å². The fourth-order valence-corrected chi connectivity index (χ4v) is 4.45. The van der Waals surface area contributed by atoms with Gasteiger partial charge in [-0.25, -0.2) is 9.59 Å². The number of aromatic hydroxyl groups is 1. The first kappa shape index (κ1) is 29.0. The van der Waals surface area contributed by atoms with Crippen molar-refractivity contribution in [2.24, 2.45) is 0 Å². The lowest BCUT2D eigenvalue weighted by Gasteiger charge is -2.07. The van der Waals surface area contributed by atoms with Crippen LogP contribution in [0.1, 0.15) is 43.2 Å². The second-order valence-electron chi connectivity index (χ2n) is 8.19. The van der Waals surface area contributed by atoms with Crippen molar-refractivity contribution >= 4 is 33.5 Å². The molecule has 0 aliphatic rings. The van der Waals surface area contributed by atoms with Gasteiger partial charge in [0.1, 0.15) is 11.3 Å². The van der Waals surface area contributed by atoms with E-state index >= 15 is 0 Å². The molecule has 0 atom stereocenters. The number of phenolic OH excluding ortho intramolecular Hbond substituents is 1. The average molecular weight is 519 g/mol. The molecule has 0 unspecified atom stereocenters. The summed E-state index contributed by atoms with van der Waals surface area (Å²) in [6.07, 6.45) is 7.73. The number of fused-ring (bicyclic) bond motifs is 1. The molecule has 0 saturated heterocycles. The first-order valence-corrected chi connectivity index (χ1v) is 12.8. The van der Waals surface area contributed by atoms with E-state index in [0.717, 1.165) is 68.7 Å². The molecule has 0 aliphatic heterocycles. The summed E-state index contributed by atoms with van der Waals surface area (Å²) in [5.74, 6) is -3.51. The maximum atomic E-state index is 11.6. The van der Waals surface area contributed by atoms with Gasteiger partial charge in [0.25, 0.3) is 0 Å². The molecule has 1 aromatic heterocycles. The first-order chi connectivity index (χ1) is 17.4. The van der Waals surface area contributed by atoms with E-state index < -0.39 is 11.9 Å². The number of ether oxygens (including phenoxy) is 1. The van der Waals surface area contributed by atoms with E-state index in [1.807, 2.05) is 6.07 Å². The number of carbonyl (C=O) groups is 2. The van der Waals surface area contributed by atoms with Gasteiger partial charge in [0.15, 0.2) is 0 Å². The fraction of sp³-hybridized carbons (Fsp3) is 0.423. The summed E-state index contributed by atoms with van der Waals surface area (Å²) in [5.41, 5.74) is 3.04. The van der Waals surface area contributed by atoms with Gasteiger partial charge >= 0.3 is 16.8 Å². The van der Waals surface area contributed by atoms with Crippen molar-refractivity contribution < 1.29 is 29.6 Å². The monoisotopic (exact) mass is 518 g/mol. The van der Waals surface area contributed by atoms with Gasteiger partial charge in [-0.2, -0.15) is 0 Å². The molecule has 3 aromatic rings. The number of aliphatic carboxylic acids is 2. The lowest BCUT2D eigenvalue weighted by Crippen LogP contribution is -2.18. The molecule has 2 aromatic carbocycles. The Bertz CT molecular complexity index is 1120. The number of hydrogen-bond donors (Lipinski definition) is 5. The number of thiazole rings is 1. The van der Waals surface area contributed by atoms with Crippen LogP contribution >= 0.6 is 11.3 Å². The topological polar surface area (TPSA) is 149 Å². The normalized spacial score (nSPS) is 10.7. The fourth-order valence-electron chi connectivity index (χ4n) is 3.55. The molecule has 0 aliphatic carbocycles. The second-order valence-corrected chi connectivity index (χ2v) is 9.17. The summed E-state index contributed by atoms with van der Waals surface area (Å²) < 4.78 is 6.60. The van der Waals surface area contributed by atoms with Gasteiger partial charge < -0.3 is 30.4 Å². The molecule has 196 valence electrons. The van der Waals surface area contributed by atoms with E-state index in [1.165, 1.54) is 29.7 Å². The summed E-state index contributed by atoms with van der Waals surface area (Å²) in [6, 6.07) is 14.1. The molecular formula is C26H34N2O7S. The van der Waals surface area contributed by atoms with E-state index in [-0.39, 0.29) is 10.6 Å². The number of rotatable bonds is 14. The van der Waals surface area contributed by atoms with Crippen LogP contribution in [-0.2, 0) is 27.2 Å². The Labute approximate surface area is 213 Å². The minimum Gasteiger partial charge on any atom is -0.506 e. The number of benzene rings is 2. The SMILES string of the molecule is O=C(O)C(=O)O.O=c1[nH]c2c(O)ccc(CCNCCCCCCOCCCc3ccccc3)c2s1. The molecule has 0 radical (unpaired) electrons. The van der Waals surface area contributed by atoms with Crippen molar-refractivity contribution in [3.8, 4) is 5.75 Å². The Hall–Kier alpha value is -3.21. The smallest absolute Gasteiger partial charge is 0.414 e. The first-order valence-electron chi connectivity index (χ1n) is 12.0. The van der Waals surface area contributed by atoms with E-state index in [9.17, 15) is 9.90 Å². The van der Waals surface area contributed by atoms with E-state index in [0.29, 0.717) is 5.52 Å². The highest BCUT2D eigenvalue weighted by Crippen LogP contribution is 2.27. The Morgan fingerprint density at radius 2 is 1.56 bits per heavy atom. The number of aromatic amines is 1. The summed E-state index contributed by atoms with van der Waals surface area (Å²) in [7, 11) is 0. The van der Waals surface area contributed by atoms with Crippen LogP contribution in [-0.4, -0.2) is 58.5 Å². The standard InChI is InChI=1S/C24H32N2O3S.C2H2O4/c27-21-13-12-20(23-22(21)26-24(28)30-23)14-16-25-15-6-1-2-7-17-29-18-8-11-19-9-4-3-5-10-19;3-1(4)2(5)6/h3-5,9-10,12-13,25,27H,1-2,6-8,11,14-18H2,(H,26,28);(H,3,4)(H,5,6). The van der Waals surface area contributed by atoms with Gasteiger partial charge in [0.2, 0.25) is 0 Å². The Kier molecular flexibility index (Phi) is 13.3. The van der Waals surface area contributed by atoms with Gasteiger partial charge in [-0.05, 0) is 62.4 Å². The van der Waals surface area contributed by atoms with Gasteiger partial charge in [-0.3, -0.25) is 4.79 Å². The third kappa shape index (κ3) is 11.0. The quantitative estimate of drug-likeness (QED) is 0.160. The number of hydrogen-bond acceptors (Lipinski definition) is 7. The van der Waals surface area contributed by atoms with E-state index in [1.54, 1.807) is 6.07 Å². The Morgan fingerprint density at radius 1 is 0.861 bits per heavy atom. The summed E-state index contributed by atoms with van der Waals surface area (Å²) in [5, 5.41) is 28.1. The molecule has 0 bridgehead atoms. The lowest BCUT2D eigenvalue weighted by atomic mass is 10.1. The molecule has 0 fully saturated rings. The third-order valence-electron chi connectivity index (χ3n) is 5.38. The second kappa shape index (κ2) is 16.5. The number of carboxylic acids is 2.